The molecule has 3 nitrogen and oxygen atoms in total. The second-order valence-electron chi connectivity index (χ2n) is 5.40. The molecular weight excluding hydrogens is 246 g/mol. The molecule has 0 aliphatic rings. The summed E-state index contributed by atoms with van der Waals surface area (Å²) >= 11 is 0. The lowest BCUT2D eigenvalue weighted by Crippen LogP contribution is -2.22. The summed E-state index contributed by atoms with van der Waals surface area (Å²) in [5.41, 5.74) is 3.70. The third kappa shape index (κ3) is 3.58. The molecule has 0 atom stereocenters. The quantitative estimate of drug-likeness (QED) is 0.898. The van der Waals surface area contributed by atoms with Crippen molar-refractivity contribution in [1.82, 2.24) is 10.3 Å². The van der Waals surface area contributed by atoms with Crippen LogP contribution in [0.2, 0.25) is 0 Å². The minimum absolute atomic E-state index is 0.487. The van der Waals surface area contributed by atoms with Gasteiger partial charge in [0, 0.05) is 31.5 Å². The summed E-state index contributed by atoms with van der Waals surface area (Å²) in [5.74, 6) is 0.974. The van der Waals surface area contributed by atoms with Gasteiger partial charge in [-0.15, -0.1) is 0 Å². The van der Waals surface area contributed by atoms with Gasteiger partial charge in [-0.25, -0.2) is 4.98 Å². The molecular formula is C17H23N3. The number of anilines is 2. The molecule has 1 aromatic heterocycles. The topological polar surface area (TPSA) is 28.2 Å². The zero-order valence-corrected chi connectivity index (χ0v) is 12.7. The molecule has 20 heavy (non-hydrogen) atoms. The zero-order chi connectivity index (χ0) is 14.5. The Bertz CT molecular complexity index is 564. The number of benzene rings is 1. The van der Waals surface area contributed by atoms with E-state index in [-0.39, 0.29) is 0 Å². The van der Waals surface area contributed by atoms with Crippen LogP contribution in [0.15, 0.2) is 42.6 Å². The second kappa shape index (κ2) is 6.53. The predicted molar refractivity (Wildman–Crippen MR) is 85.5 cm³/mol. The number of para-hydroxylation sites is 1. The Morgan fingerprint density at radius 2 is 1.95 bits per heavy atom. The van der Waals surface area contributed by atoms with E-state index in [1.54, 1.807) is 0 Å². The Morgan fingerprint density at radius 1 is 1.20 bits per heavy atom. The van der Waals surface area contributed by atoms with Gasteiger partial charge in [0.15, 0.2) is 0 Å². The van der Waals surface area contributed by atoms with Crippen molar-refractivity contribution in [1.29, 1.82) is 0 Å². The number of nitrogens with zero attached hydrogens (tertiary/aromatic N) is 2. The highest BCUT2D eigenvalue weighted by molar-refractivity contribution is 5.63. The molecule has 0 saturated carbocycles. The van der Waals surface area contributed by atoms with Crippen LogP contribution in [0.1, 0.15) is 25.0 Å². The van der Waals surface area contributed by atoms with Crippen LogP contribution < -0.4 is 10.2 Å². The van der Waals surface area contributed by atoms with E-state index in [9.17, 15) is 0 Å². The summed E-state index contributed by atoms with van der Waals surface area (Å²) in [6.07, 6.45) is 1.88. The molecule has 0 aliphatic heterocycles. The Morgan fingerprint density at radius 3 is 2.65 bits per heavy atom. The van der Waals surface area contributed by atoms with Crippen molar-refractivity contribution >= 4 is 11.5 Å². The molecule has 0 aliphatic carbocycles. The van der Waals surface area contributed by atoms with Crippen LogP contribution in [-0.4, -0.2) is 18.1 Å². The second-order valence-corrected chi connectivity index (χ2v) is 5.40. The van der Waals surface area contributed by atoms with Crippen molar-refractivity contribution in [3.8, 4) is 0 Å². The first-order chi connectivity index (χ1) is 9.58. The number of aryl methyl sites for hydroxylation is 1. The third-order valence-electron chi connectivity index (χ3n) is 3.34. The molecule has 0 saturated heterocycles. The summed E-state index contributed by atoms with van der Waals surface area (Å²) in [6.45, 7) is 7.30. The first-order valence-electron chi connectivity index (χ1n) is 7.05. The van der Waals surface area contributed by atoms with E-state index in [1.165, 1.54) is 16.8 Å². The van der Waals surface area contributed by atoms with Crippen molar-refractivity contribution in [3.63, 3.8) is 0 Å². The number of hydrogen-bond acceptors (Lipinski definition) is 3. The fraction of sp³-hybridized carbons (Fsp3) is 0.353. The summed E-state index contributed by atoms with van der Waals surface area (Å²) in [6, 6.07) is 13.0. The Labute approximate surface area is 121 Å². The molecule has 0 unspecified atom stereocenters. The molecule has 2 aromatic rings. The van der Waals surface area contributed by atoms with Gasteiger partial charge in [0.2, 0.25) is 0 Å². The molecule has 0 fully saturated rings. The molecule has 0 bridgehead atoms. The molecule has 0 amide bonds. The van der Waals surface area contributed by atoms with Crippen LogP contribution in [0.3, 0.4) is 0 Å². The average molecular weight is 269 g/mol. The SMILES string of the molecule is Cc1ccccc1N(C)c1cc(CNC(C)C)ccn1. The molecule has 2 rings (SSSR count). The zero-order valence-electron chi connectivity index (χ0n) is 12.7. The largest absolute Gasteiger partial charge is 0.329 e. The van der Waals surface area contributed by atoms with E-state index >= 15 is 0 Å². The molecule has 0 radical (unpaired) electrons. The maximum atomic E-state index is 4.48. The van der Waals surface area contributed by atoms with Crippen LogP contribution in [0, 0.1) is 6.92 Å². The van der Waals surface area contributed by atoms with Crippen molar-refractivity contribution in [2.24, 2.45) is 0 Å². The maximum Gasteiger partial charge on any atom is 0.132 e. The molecule has 1 N–H and O–H groups in total. The van der Waals surface area contributed by atoms with Gasteiger partial charge < -0.3 is 10.2 Å². The van der Waals surface area contributed by atoms with Crippen LogP contribution in [0.4, 0.5) is 11.5 Å². The Kier molecular flexibility index (Phi) is 4.74. The van der Waals surface area contributed by atoms with E-state index in [0.29, 0.717) is 6.04 Å². The Hall–Kier alpha value is -1.87. The summed E-state index contributed by atoms with van der Waals surface area (Å²) in [5, 5.41) is 3.43. The molecule has 3 heteroatoms. The normalized spacial score (nSPS) is 10.8. The summed E-state index contributed by atoms with van der Waals surface area (Å²) in [7, 11) is 2.06. The van der Waals surface area contributed by atoms with Crippen molar-refractivity contribution in [3.05, 3.63) is 53.7 Å². The van der Waals surface area contributed by atoms with Crippen LogP contribution in [0.25, 0.3) is 0 Å². The fourth-order valence-electron chi connectivity index (χ4n) is 2.14. The summed E-state index contributed by atoms with van der Waals surface area (Å²) < 4.78 is 0. The third-order valence-corrected chi connectivity index (χ3v) is 3.34. The highest BCUT2D eigenvalue weighted by Crippen LogP contribution is 2.25. The number of hydrogen-bond donors (Lipinski definition) is 1. The minimum Gasteiger partial charge on any atom is -0.329 e. The monoisotopic (exact) mass is 269 g/mol. The van der Waals surface area contributed by atoms with E-state index < -0.39 is 0 Å². The highest BCUT2D eigenvalue weighted by Gasteiger charge is 2.08. The van der Waals surface area contributed by atoms with Crippen LogP contribution >= 0.6 is 0 Å². The lowest BCUT2D eigenvalue weighted by Gasteiger charge is -2.21. The average Bonchev–Trinajstić information content (AvgIpc) is 2.45. The highest BCUT2D eigenvalue weighted by atomic mass is 15.2. The Balaban J connectivity index is 2.20. The lowest BCUT2D eigenvalue weighted by molar-refractivity contribution is 0.588. The predicted octanol–water partition coefficient (Wildman–Crippen LogP) is 3.66. The van der Waals surface area contributed by atoms with E-state index in [2.05, 4.69) is 79.4 Å². The van der Waals surface area contributed by atoms with Crippen LogP contribution in [-0.2, 0) is 6.54 Å². The van der Waals surface area contributed by atoms with Gasteiger partial charge in [-0.2, -0.15) is 0 Å². The molecule has 1 aromatic carbocycles. The minimum atomic E-state index is 0.487. The van der Waals surface area contributed by atoms with Crippen molar-refractivity contribution < 1.29 is 0 Å². The standard InChI is InChI=1S/C17H23N3/c1-13(2)19-12-15-9-10-18-17(11-15)20(4)16-8-6-5-7-14(16)3/h5-11,13,19H,12H2,1-4H3. The number of pyridine rings is 1. The van der Waals surface area contributed by atoms with Gasteiger partial charge in [0.25, 0.3) is 0 Å². The van der Waals surface area contributed by atoms with E-state index in [1.807, 2.05) is 6.20 Å². The first-order valence-corrected chi connectivity index (χ1v) is 7.05. The molecule has 0 spiro atoms. The van der Waals surface area contributed by atoms with Gasteiger partial charge in [0.05, 0.1) is 0 Å². The van der Waals surface area contributed by atoms with Gasteiger partial charge in [-0.1, -0.05) is 32.0 Å². The summed E-state index contributed by atoms with van der Waals surface area (Å²) in [4.78, 5) is 6.62. The smallest absolute Gasteiger partial charge is 0.132 e. The van der Waals surface area contributed by atoms with Gasteiger partial charge in [0.1, 0.15) is 5.82 Å². The van der Waals surface area contributed by atoms with Gasteiger partial charge >= 0.3 is 0 Å². The maximum absolute atomic E-state index is 4.48. The molecule has 106 valence electrons. The number of nitrogens with one attached hydrogen (secondary N) is 1. The lowest BCUT2D eigenvalue weighted by atomic mass is 10.2. The first kappa shape index (κ1) is 14.5. The van der Waals surface area contributed by atoms with E-state index in [0.717, 1.165) is 12.4 Å². The number of aromatic nitrogens is 1. The van der Waals surface area contributed by atoms with Gasteiger partial charge in [-0.05, 0) is 36.2 Å². The fourth-order valence-corrected chi connectivity index (χ4v) is 2.14. The van der Waals surface area contributed by atoms with Crippen LogP contribution in [0.5, 0.6) is 0 Å². The number of rotatable bonds is 5. The van der Waals surface area contributed by atoms with Gasteiger partial charge in [-0.3, -0.25) is 0 Å². The van der Waals surface area contributed by atoms with Crippen molar-refractivity contribution in [2.75, 3.05) is 11.9 Å². The molecule has 1 heterocycles. The van der Waals surface area contributed by atoms with E-state index in [4.69, 9.17) is 0 Å². The van der Waals surface area contributed by atoms with Crippen molar-refractivity contribution in [2.45, 2.75) is 33.4 Å².